The van der Waals surface area contributed by atoms with Crippen LogP contribution in [0.5, 0.6) is 5.75 Å². The van der Waals surface area contributed by atoms with Crippen LogP contribution < -0.4 is 14.4 Å². The molecule has 0 unspecified atom stereocenters. The lowest BCUT2D eigenvalue weighted by molar-refractivity contribution is -0.119. The van der Waals surface area contributed by atoms with Crippen LogP contribution in [0.15, 0.2) is 77.7 Å². The third kappa shape index (κ3) is 6.43. The van der Waals surface area contributed by atoms with Crippen molar-refractivity contribution in [3.05, 3.63) is 89.2 Å². The maximum Gasteiger partial charge on any atom is 0.264 e. The second-order valence-electron chi connectivity index (χ2n) is 7.10. The number of anilines is 1. The molecule has 0 aliphatic rings. The number of carbonyl (C=O) groups excluding carboxylic acids is 1. The zero-order chi connectivity index (χ0) is 24.6. The number of amides is 1. The quantitative estimate of drug-likeness (QED) is 0.368. The van der Waals surface area contributed by atoms with Gasteiger partial charge in [-0.1, -0.05) is 48.0 Å². The van der Waals surface area contributed by atoms with Gasteiger partial charge in [-0.25, -0.2) is 12.8 Å². The van der Waals surface area contributed by atoms with Crippen molar-refractivity contribution in [1.29, 1.82) is 0 Å². The fourth-order valence-electron chi connectivity index (χ4n) is 3.15. The summed E-state index contributed by atoms with van der Waals surface area (Å²) < 4.78 is 47.0. The molecule has 0 atom stereocenters. The number of hydrogen-bond acceptors (Lipinski definition) is 5. The van der Waals surface area contributed by atoms with E-state index < -0.39 is 22.5 Å². The highest BCUT2D eigenvalue weighted by molar-refractivity contribution is 7.98. The van der Waals surface area contributed by atoms with Crippen LogP contribution in [0, 0.1) is 5.82 Å². The first-order valence-electron chi connectivity index (χ1n) is 10.3. The molecule has 0 spiro atoms. The maximum absolute atomic E-state index is 13.9. The predicted molar refractivity (Wildman–Crippen MR) is 135 cm³/mol. The number of nitrogens with zero attached hydrogens (tertiary/aromatic N) is 1. The molecule has 0 aliphatic carbocycles. The van der Waals surface area contributed by atoms with E-state index >= 15 is 0 Å². The Kier molecular flexibility index (Phi) is 9.20. The first-order valence-corrected chi connectivity index (χ1v) is 13.3. The van der Waals surface area contributed by atoms with E-state index in [1.807, 2.05) is 0 Å². The molecule has 0 bridgehead atoms. The van der Waals surface area contributed by atoms with Crippen molar-refractivity contribution in [2.45, 2.75) is 10.6 Å². The van der Waals surface area contributed by atoms with Crippen molar-refractivity contribution in [1.82, 2.24) is 5.32 Å². The molecule has 3 aromatic carbocycles. The first kappa shape index (κ1) is 25.9. The summed E-state index contributed by atoms with van der Waals surface area (Å²) in [7, 11) is -2.60. The van der Waals surface area contributed by atoms with E-state index in [0.29, 0.717) is 27.8 Å². The van der Waals surface area contributed by atoms with E-state index in [0.717, 1.165) is 4.31 Å². The van der Waals surface area contributed by atoms with Crippen LogP contribution in [-0.4, -0.2) is 40.3 Å². The lowest BCUT2D eigenvalue weighted by atomic mass is 10.2. The number of benzene rings is 3. The Morgan fingerprint density at radius 1 is 1.06 bits per heavy atom. The number of nitrogens with one attached hydrogen (secondary N) is 1. The number of thioether (sulfide) groups is 1. The number of para-hydroxylation sites is 2. The van der Waals surface area contributed by atoms with Gasteiger partial charge in [-0.3, -0.25) is 9.10 Å². The van der Waals surface area contributed by atoms with E-state index in [1.165, 1.54) is 37.1 Å². The molecule has 3 rings (SSSR count). The summed E-state index contributed by atoms with van der Waals surface area (Å²) in [4.78, 5) is 12.8. The topological polar surface area (TPSA) is 75.7 Å². The normalized spacial score (nSPS) is 11.1. The highest BCUT2D eigenvalue weighted by atomic mass is 35.5. The van der Waals surface area contributed by atoms with Crippen LogP contribution in [0.1, 0.15) is 5.56 Å². The molecule has 1 amide bonds. The number of methoxy groups -OCH3 is 1. The zero-order valence-electron chi connectivity index (χ0n) is 18.4. The molecule has 1 N–H and O–H groups in total. The summed E-state index contributed by atoms with van der Waals surface area (Å²) in [5.74, 6) is 0.331. The van der Waals surface area contributed by atoms with Crippen molar-refractivity contribution in [3.8, 4) is 5.75 Å². The van der Waals surface area contributed by atoms with Gasteiger partial charge < -0.3 is 10.1 Å². The van der Waals surface area contributed by atoms with E-state index in [1.54, 1.807) is 54.6 Å². The van der Waals surface area contributed by atoms with Crippen molar-refractivity contribution in [2.75, 3.05) is 30.3 Å². The summed E-state index contributed by atoms with van der Waals surface area (Å²) in [5, 5.41) is 3.08. The molecule has 0 aliphatic heterocycles. The monoisotopic (exact) mass is 522 g/mol. The molecule has 0 saturated heterocycles. The molecule has 0 fully saturated rings. The van der Waals surface area contributed by atoms with Gasteiger partial charge in [-0.05, 0) is 36.4 Å². The third-order valence-corrected chi connectivity index (χ3v) is 7.96. The Labute approximate surface area is 208 Å². The Bertz CT molecular complexity index is 1210. The molecule has 0 saturated carbocycles. The molecule has 180 valence electrons. The van der Waals surface area contributed by atoms with Crippen LogP contribution in [0.4, 0.5) is 10.1 Å². The summed E-state index contributed by atoms with van der Waals surface area (Å²) in [5.41, 5.74) is 0.671. The van der Waals surface area contributed by atoms with Crippen molar-refractivity contribution < 1.29 is 22.3 Å². The van der Waals surface area contributed by atoms with Crippen LogP contribution >= 0.6 is 23.4 Å². The second kappa shape index (κ2) is 12.1. The highest BCUT2D eigenvalue weighted by Gasteiger charge is 2.29. The first-order chi connectivity index (χ1) is 16.3. The van der Waals surface area contributed by atoms with E-state index in [4.69, 9.17) is 16.3 Å². The molecule has 3 aromatic rings. The molecule has 0 aromatic heterocycles. The van der Waals surface area contributed by atoms with Crippen LogP contribution in [-0.2, 0) is 20.6 Å². The van der Waals surface area contributed by atoms with Gasteiger partial charge >= 0.3 is 0 Å². The Hall–Kier alpha value is -2.75. The average molecular weight is 523 g/mol. The van der Waals surface area contributed by atoms with Gasteiger partial charge in [0, 0.05) is 28.6 Å². The summed E-state index contributed by atoms with van der Waals surface area (Å²) in [6.45, 7) is -0.151. The van der Waals surface area contributed by atoms with Gasteiger partial charge in [0.2, 0.25) is 5.91 Å². The molecule has 0 heterocycles. The molecular formula is C24H24ClFN2O4S2. The van der Waals surface area contributed by atoms with Crippen LogP contribution in [0.25, 0.3) is 0 Å². The molecule has 34 heavy (non-hydrogen) atoms. The number of rotatable bonds is 11. The fourth-order valence-corrected chi connectivity index (χ4v) is 5.80. The third-order valence-electron chi connectivity index (χ3n) is 4.85. The number of carbonyl (C=O) groups is 1. The van der Waals surface area contributed by atoms with Crippen molar-refractivity contribution in [2.24, 2.45) is 0 Å². The van der Waals surface area contributed by atoms with Gasteiger partial charge in [0.1, 0.15) is 18.1 Å². The number of hydrogen-bond donors (Lipinski definition) is 1. The number of ether oxygens (including phenoxy) is 1. The minimum Gasteiger partial charge on any atom is -0.495 e. The minimum absolute atomic E-state index is 0.0611. The van der Waals surface area contributed by atoms with Gasteiger partial charge in [-0.2, -0.15) is 11.8 Å². The van der Waals surface area contributed by atoms with Crippen LogP contribution in [0.2, 0.25) is 5.02 Å². The predicted octanol–water partition coefficient (Wildman–Crippen LogP) is 4.73. The Morgan fingerprint density at radius 3 is 2.47 bits per heavy atom. The highest BCUT2D eigenvalue weighted by Crippen LogP contribution is 2.32. The Balaban J connectivity index is 1.67. The minimum atomic E-state index is -4.03. The second-order valence-corrected chi connectivity index (χ2v) is 10.5. The lowest BCUT2D eigenvalue weighted by Crippen LogP contribution is -2.41. The summed E-state index contributed by atoms with van der Waals surface area (Å²) in [6, 6.07) is 19.0. The number of sulfonamides is 1. The largest absolute Gasteiger partial charge is 0.495 e. The molecule has 0 radical (unpaired) electrons. The number of halogens is 2. The van der Waals surface area contributed by atoms with Crippen LogP contribution in [0.3, 0.4) is 0 Å². The SMILES string of the molecule is COc1ccccc1N(CC(=O)NCCSCc1c(F)cccc1Cl)S(=O)(=O)c1ccccc1. The Morgan fingerprint density at radius 2 is 1.76 bits per heavy atom. The van der Waals surface area contributed by atoms with Gasteiger partial charge in [0.15, 0.2) is 0 Å². The maximum atomic E-state index is 13.9. The van der Waals surface area contributed by atoms with Gasteiger partial charge in [-0.15, -0.1) is 0 Å². The summed E-state index contributed by atoms with van der Waals surface area (Å²) in [6.07, 6.45) is 0. The van der Waals surface area contributed by atoms with E-state index in [2.05, 4.69) is 5.32 Å². The van der Waals surface area contributed by atoms with Crippen molar-refractivity contribution >= 4 is 45.0 Å². The summed E-state index contributed by atoms with van der Waals surface area (Å²) >= 11 is 7.44. The smallest absolute Gasteiger partial charge is 0.264 e. The lowest BCUT2D eigenvalue weighted by Gasteiger charge is -2.25. The molecular weight excluding hydrogens is 499 g/mol. The molecule has 10 heteroatoms. The molecule has 6 nitrogen and oxygen atoms in total. The van der Waals surface area contributed by atoms with E-state index in [-0.39, 0.29) is 22.9 Å². The van der Waals surface area contributed by atoms with E-state index in [9.17, 15) is 17.6 Å². The fraction of sp³-hybridized carbons (Fsp3) is 0.208. The van der Waals surface area contributed by atoms with Crippen molar-refractivity contribution in [3.63, 3.8) is 0 Å². The van der Waals surface area contributed by atoms with Gasteiger partial charge in [0.25, 0.3) is 10.0 Å². The van der Waals surface area contributed by atoms with Gasteiger partial charge in [0.05, 0.1) is 17.7 Å². The average Bonchev–Trinajstić information content (AvgIpc) is 2.84. The zero-order valence-corrected chi connectivity index (χ0v) is 20.8. The standard InChI is InChI=1S/C24H24ClFN2O4S2/c1-32-23-13-6-5-12-22(23)28(34(30,31)18-8-3-2-4-9-18)16-24(29)27-14-15-33-17-19-20(25)10-7-11-21(19)26/h2-13H,14-17H2,1H3,(H,27,29).